The van der Waals surface area contributed by atoms with Crippen molar-refractivity contribution in [3.05, 3.63) is 83.4 Å². The molecule has 0 aliphatic carbocycles. The van der Waals surface area contributed by atoms with Crippen LogP contribution in [0.15, 0.2) is 71.8 Å². The second-order valence-electron chi connectivity index (χ2n) is 6.70. The van der Waals surface area contributed by atoms with E-state index in [1.807, 2.05) is 13.8 Å². The number of carbonyl (C=O) groups excluding carboxylic acids is 2. The van der Waals surface area contributed by atoms with Gasteiger partial charge in [-0.2, -0.15) is 5.10 Å². The number of phenols is 1. The maximum atomic E-state index is 12.5. The Morgan fingerprint density at radius 3 is 2.36 bits per heavy atom. The number of aromatic hydroxyl groups is 1. The van der Waals surface area contributed by atoms with Gasteiger partial charge in [0.2, 0.25) is 0 Å². The predicted octanol–water partition coefficient (Wildman–Crippen LogP) is 4.17. The lowest BCUT2D eigenvalue weighted by molar-refractivity contribution is 0.0728. The zero-order chi connectivity index (χ0) is 23.6. The average Bonchev–Trinajstić information content (AvgIpc) is 2.81. The summed E-state index contributed by atoms with van der Waals surface area (Å²) in [4.78, 5) is 24.6. The molecule has 3 aromatic rings. The van der Waals surface area contributed by atoms with Crippen molar-refractivity contribution >= 4 is 18.1 Å². The van der Waals surface area contributed by atoms with E-state index >= 15 is 0 Å². The second-order valence-corrected chi connectivity index (χ2v) is 6.70. The third-order valence-electron chi connectivity index (χ3n) is 4.40. The van der Waals surface area contributed by atoms with Crippen LogP contribution in [0.3, 0.4) is 0 Å². The number of para-hydroxylation sites is 1. The van der Waals surface area contributed by atoms with E-state index in [2.05, 4.69) is 10.5 Å². The Bertz CT molecular complexity index is 1140. The molecule has 0 aromatic heterocycles. The highest BCUT2D eigenvalue weighted by atomic mass is 16.6. The SMILES string of the molecule is CCOc1ccc(C(=O)Oc2ccc(C=NNC(=O)c3ccccc3O)cc2OCC)cc1. The predicted molar refractivity (Wildman–Crippen MR) is 123 cm³/mol. The van der Waals surface area contributed by atoms with E-state index in [-0.39, 0.29) is 17.1 Å². The van der Waals surface area contributed by atoms with E-state index in [9.17, 15) is 14.7 Å². The minimum absolute atomic E-state index is 0.112. The van der Waals surface area contributed by atoms with Crippen molar-refractivity contribution in [3.63, 3.8) is 0 Å². The first kappa shape index (κ1) is 23.3. The van der Waals surface area contributed by atoms with E-state index in [1.54, 1.807) is 54.6 Å². The van der Waals surface area contributed by atoms with Crippen molar-refractivity contribution in [1.29, 1.82) is 0 Å². The number of phenolic OH excluding ortho intramolecular Hbond substituents is 1. The van der Waals surface area contributed by atoms with Crippen molar-refractivity contribution < 1.29 is 28.9 Å². The van der Waals surface area contributed by atoms with Gasteiger partial charge >= 0.3 is 5.97 Å². The quantitative estimate of drug-likeness (QED) is 0.220. The van der Waals surface area contributed by atoms with Gasteiger partial charge in [0.05, 0.1) is 30.6 Å². The maximum Gasteiger partial charge on any atom is 0.343 e. The van der Waals surface area contributed by atoms with Crippen LogP contribution >= 0.6 is 0 Å². The van der Waals surface area contributed by atoms with E-state index in [0.717, 1.165) is 0 Å². The highest BCUT2D eigenvalue weighted by molar-refractivity contribution is 5.97. The molecule has 0 fully saturated rings. The first-order chi connectivity index (χ1) is 16.0. The van der Waals surface area contributed by atoms with Gasteiger partial charge in [-0.3, -0.25) is 4.79 Å². The Morgan fingerprint density at radius 2 is 1.67 bits per heavy atom. The molecular weight excluding hydrogens is 424 g/mol. The Hall–Kier alpha value is -4.33. The molecule has 0 unspecified atom stereocenters. The first-order valence-corrected chi connectivity index (χ1v) is 10.3. The summed E-state index contributed by atoms with van der Waals surface area (Å²) in [5.41, 5.74) is 3.45. The van der Waals surface area contributed by atoms with Crippen molar-refractivity contribution in [3.8, 4) is 23.0 Å². The average molecular weight is 448 g/mol. The molecule has 8 nitrogen and oxygen atoms in total. The molecule has 0 aliphatic rings. The summed E-state index contributed by atoms with van der Waals surface area (Å²) in [6.45, 7) is 4.59. The third kappa shape index (κ3) is 6.33. The first-order valence-electron chi connectivity index (χ1n) is 10.3. The molecule has 0 bridgehead atoms. The fourth-order valence-electron chi connectivity index (χ4n) is 2.86. The summed E-state index contributed by atoms with van der Waals surface area (Å²) in [6.07, 6.45) is 1.42. The molecule has 2 N–H and O–H groups in total. The van der Waals surface area contributed by atoms with Crippen LogP contribution < -0.4 is 19.6 Å². The molecule has 0 atom stereocenters. The minimum atomic E-state index is -0.546. The van der Waals surface area contributed by atoms with E-state index in [4.69, 9.17) is 14.2 Å². The highest BCUT2D eigenvalue weighted by Crippen LogP contribution is 2.29. The van der Waals surface area contributed by atoms with Gasteiger partial charge in [-0.15, -0.1) is 0 Å². The Morgan fingerprint density at radius 1 is 0.939 bits per heavy atom. The number of ether oxygens (including phenoxy) is 3. The van der Waals surface area contributed by atoms with Crippen molar-refractivity contribution in [2.75, 3.05) is 13.2 Å². The molecule has 0 heterocycles. The Labute approximate surface area is 191 Å². The number of benzene rings is 3. The van der Waals surface area contributed by atoms with Gasteiger partial charge in [0.1, 0.15) is 11.5 Å². The summed E-state index contributed by atoms with van der Waals surface area (Å²) in [6, 6.07) is 17.7. The molecule has 0 aliphatic heterocycles. The fraction of sp³-hybridized carbons (Fsp3) is 0.160. The van der Waals surface area contributed by atoms with Crippen LogP contribution in [-0.4, -0.2) is 36.4 Å². The lowest BCUT2D eigenvalue weighted by atomic mass is 10.2. The molecule has 3 rings (SSSR count). The second kappa shape index (κ2) is 11.3. The number of amides is 1. The number of hydrogen-bond acceptors (Lipinski definition) is 7. The van der Waals surface area contributed by atoms with Crippen LogP contribution in [0.1, 0.15) is 40.1 Å². The smallest absolute Gasteiger partial charge is 0.343 e. The molecule has 0 saturated carbocycles. The van der Waals surface area contributed by atoms with E-state index in [0.29, 0.717) is 35.8 Å². The van der Waals surface area contributed by atoms with Crippen molar-refractivity contribution in [2.24, 2.45) is 5.10 Å². The third-order valence-corrected chi connectivity index (χ3v) is 4.40. The summed E-state index contributed by atoms with van der Waals surface area (Å²) >= 11 is 0. The molecule has 0 radical (unpaired) electrons. The lowest BCUT2D eigenvalue weighted by Gasteiger charge is -2.11. The van der Waals surface area contributed by atoms with Crippen LogP contribution in [0.5, 0.6) is 23.0 Å². The van der Waals surface area contributed by atoms with Crippen molar-refractivity contribution in [1.82, 2.24) is 5.43 Å². The van der Waals surface area contributed by atoms with Gasteiger partial charge in [-0.1, -0.05) is 12.1 Å². The van der Waals surface area contributed by atoms with Gasteiger partial charge in [0.15, 0.2) is 11.5 Å². The molecule has 170 valence electrons. The summed E-state index contributed by atoms with van der Waals surface area (Å²) in [5.74, 6) is 0.0642. The number of hydrazone groups is 1. The van der Waals surface area contributed by atoms with Gasteiger partial charge in [0.25, 0.3) is 5.91 Å². The van der Waals surface area contributed by atoms with Crippen LogP contribution in [0, 0.1) is 0 Å². The largest absolute Gasteiger partial charge is 0.507 e. The van der Waals surface area contributed by atoms with Gasteiger partial charge in [0, 0.05) is 0 Å². The summed E-state index contributed by atoms with van der Waals surface area (Å²) in [7, 11) is 0. The lowest BCUT2D eigenvalue weighted by Crippen LogP contribution is -2.17. The highest BCUT2D eigenvalue weighted by Gasteiger charge is 2.14. The van der Waals surface area contributed by atoms with E-state index < -0.39 is 11.9 Å². The topological polar surface area (TPSA) is 106 Å². The molecule has 1 amide bonds. The minimum Gasteiger partial charge on any atom is -0.507 e. The number of esters is 1. The standard InChI is InChI=1S/C25H24N2O6/c1-3-31-19-12-10-18(11-13-19)25(30)33-22-14-9-17(15-23(22)32-4-2)16-26-27-24(29)20-7-5-6-8-21(20)28/h5-16,28H,3-4H2,1-2H3,(H,27,29). The molecule has 8 heteroatoms. The van der Waals surface area contributed by atoms with Crippen LogP contribution in [0.25, 0.3) is 0 Å². The van der Waals surface area contributed by atoms with Gasteiger partial charge < -0.3 is 19.3 Å². The monoisotopic (exact) mass is 448 g/mol. The summed E-state index contributed by atoms with van der Waals surface area (Å²) in [5, 5.41) is 13.6. The molecular formula is C25H24N2O6. The van der Waals surface area contributed by atoms with Gasteiger partial charge in [-0.05, 0) is 74.0 Å². The normalized spacial score (nSPS) is 10.6. The van der Waals surface area contributed by atoms with Gasteiger partial charge in [-0.25, -0.2) is 10.2 Å². The Kier molecular flexibility index (Phi) is 8.02. The van der Waals surface area contributed by atoms with Crippen molar-refractivity contribution in [2.45, 2.75) is 13.8 Å². The maximum absolute atomic E-state index is 12.5. The number of carbonyl (C=O) groups is 2. The zero-order valence-corrected chi connectivity index (χ0v) is 18.3. The van der Waals surface area contributed by atoms with E-state index in [1.165, 1.54) is 18.3 Å². The van der Waals surface area contributed by atoms with Crippen LogP contribution in [0.4, 0.5) is 0 Å². The Balaban J connectivity index is 1.69. The summed E-state index contributed by atoms with van der Waals surface area (Å²) < 4.78 is 16.5. The van der Waals surface area contributed by atoms with Crippen LogP contribution in [-0.2, 0) is 0 Å². The number of nitrogens with zero attached hydrogens (tertiary/aromatic N) is 1. The molecule has 3 aromatic carbocycles. The zero-order valence-electron chi connectivity index (χ0n) is 18.3. The number of nitrogens with one attached hydrogen (secondary N) is 1. The number of hydrogen-bond donors (Lipinski definition) is 2. The molecule has 0 spiro atoms. The molecule has 0 saturated heterocycles. The number of rotatable bonds is 9. The molecule has 33 heavy (non-hydrogen) atoms. The fourth-order valence-corrected chi connectivity index (χ4v) is 2.86. The van der Waals surface area contributed by atoms with Crippen LogP contribution in [0.2, 0.25) is 0 Å².